The predicted molar refractivity (Wildman–Crippen MR) is 135 cm³/mol. The van der Waals surface area contributed by atoms with Gasteiger partial charge in [-0.25, -0.2) is 4.39 Å². The van der Waals surface area contributed by atoms with Gasteiger partial charge in [0.25, 0.3) is 0 Å². The molecule has 3 aliphatic rings. The Bertz CT molecular complexity index is 1400. The first kappa shape index (κ1) is 23.1. The topological polar surface area (TPSA) is 87.7 Å². The van der Waals surface area contributed by atoms with Gasteiger partial charge in [0.2, 0.25) is 17.7 Å². The monoisotopic (exact) mass is 497 g/mol. The lowest BCUT2D eigenvalue weighted by molar-refractivity contribution is -0.128. The molecule has 3 heterocycles. The van der Waals surface area contributed by atoms with Gasteiger partial charge in [0.1, 0.15) is 17.5 Å². The van der Waals surface area contributed by atoms with Gasteiger partial charge in [-0.05, 0) is 29.8 Å². The van der Waals surface area contributed by atoms with Crippen molar-refractivity contribution in [3.63, 3.8) is 0 Å². The maximum Gasteiger partial charge on any atom is 0.246 e. The number of nitrogens with one attached hydrogen (secondary N) is 2. The van der Waals surface area contributed by atoms with Crippen LogP contribution in [0.1, 0.15) is 5.56 Å². The van der Waals surface area contributed by atoms with Crippen LogP contribution in [0, 0.1) is 17.7 Å². The highest BCUT2D eigenvalue weighted by Gasteiger charge is 2.73. The Morgan fingerprint density at radius 2 is 1.59 bits per heavy atom. The van der Waals surface area contributed by atoms with E-state index in [0.717, 1.165) is 5.56 Å². The smallest absolute Gasteiger partial charge is 0.246 e. The number of nitrogens with zero attached hydrogens (tertiary/aromatic N) is 1. The average molecular weight is 498 g/mol. The second-order valence-electron chi connectivity index (χ2n) is 9.42. The third-order valence-corrected chi connectivity index (χ3v) is 7.30. The standard InChI is InChI=1S/C29H24FN3O4/c30-20-13-7-8-14-21(20)32-26(34)23-22-15-16-29(37-22)24(23)28(36)33(19-11-5-2-6-12-19)25(29)27(35)31-17-18-9-3-1-4-10-18/h1-16,22-25H,17H2,(H,31,35)(H,32,34)/t22-,23+,24-,25+,29+/m1/s1. The Labute approximate surface area is 212 Å². The fourth-order valence-corrected chi connectivity index (χ4v) is 5.70. The molecule has 5 atom stereocenters. The van der Waals surface area contributed by atoms with Gasteiger partial charge in [-0.1, -0.05) is 72.8 Å². The zero-order valence-corrected chi connectivity index (χ0v) is 19.7. The highest BCUT2D eigenvalue weighted by atomic mass is 19.1. The fourth-order valence-electron chi connectivity index (χ4n) is 5.70. The number of carbonyl (C=O) groups is 3. The molecule has 2 bridgehead atoms. The van der Waals surface area contributed by atoms with Gasteiger partial charge in [0.15, 0.2) is 0 Å². The van der Waals surface area contributed by atoms with E-state index in [0.29, 0.717) is 5.69 Å². The molecule has 37 heavy (non-hydrogen) atoms. The number of hydrogen-bond acceptors (Lipinski definition) is 4. The first-order valence-electron chi connectivity index (χ1n) is 12.1. The minimum atomic E-state index is -1.32. The van der Waals surface area contributed by atoms with E-state index in [2.05, 4.69) is 10.6 Å². The average Bonchev–Trinajstić information content (AvgIpc) is 3.57. The lowest BCUT2D eigenvalue weighted by Crippen LogP contribution is -2.54. The van der Waals surface area contributed by atoms with E-state index in [1.165, 1.54) is 23.1 Å². The molecule has 0 saturated carbocycles. The van der Waals surface area contributed by atoms with Crippen molar-refractivity contribution in [2.24, 2.45) is 11.8 Å². The largest absolute Gasteiger partial charge is 0.359 e. The van der Waals surface area contributed by atoms with Crippen LogP contribution >= 0.6 is 0 Å². The number of para-hydroxylation sites is 2. The van der Waals surface area contributed by atoms with Crippen LogP contribution in [0.2, 0.25) is 0 Å². The maximum atomic E-state index is 14.3. The molecule has 2 fully saturated rings. The van der Waals surface area contributed by atoms with E-state index < -0.39 is 41.3 Å². The van der Waals surface area contributed by atoms with E-state index in [-0.39, 0.29) is 24.0 Å². The molecule has 3 aromatic carbocycles. The Morgan fingerprint density at radius 3 is 2.32 bits per heavy atom. The molecule has 0 unspecified atom stereocenters. The first-order chi connectivity index (χ1) is 18.0. The van der Waals surface area contributed by atoms with E-state index >= 15 is 0 Å². The van der Waals surface area contributed by atoms with Crippen LogP contribution in [0.25, 0.3) is 0 Å². The number of benzene rings is 3. The zero-order chi connectivity index (χ0) is 25.6. The minimum absolute atomic E-state index is 0.0239. The molecule has 186 valence electrons. The second kappa shape index (κ2) is 8.97. The van der Waals surface area contributed by atoms with Gasteiger partial charge in [-0.3, -0.25) is 19.3 Å². The molecule has 2 saturated heterocycles. The van der Waals surface area contributed by atoms with Gasteiger partial charge >= 0.3 is 0 Å². The molecule has 0 aromatic heterocycles. The van der Waals surface area contributed by atoms with Crippen LogP contribution in [-0.4, -0.2) is 35.5 Å². The summed E-state index contributed by atoms with van der Waals surface area (Å²) in [6.07, 6.45) is 2.76. The predicted octanol–water partition coefficient (Wildman–Crippen LogP) is 3.44. The second-order valence-corrected chi connectivity index (χ2v) is 9.42. The molecule has 3 aliphatic heterocycles. The SMILES string of the molecule is O=C(Nc1ccccc1F)[C@H]1[C@H]2C=C[C@@]3(O2)[C@H](C(=O)NCc2ccccc2)N(c2ccccc2)C(=O)[C@@H]13. The van der Waals surface area contributed by atoms with Crippen molar-refractivity contribution in [3.05, 3.63) is 108 Å². The normalized spacial score (nSPS) is 27.3. The molecule has 7 nitrogen and oxygen atoms in total. The summed E-state index contributed by atoms with van der Waals surface area (Å²) in [6, 6.07) is 23.2. The summed E-state index contributed by atoms with van der Waals surface area (Å²) in [7, 11) is 0. The van der Waals surface area contributed by atoms with Crippen molar-refractivity contribution in [2.75, 3.05) is 10.2 Å². The summed E-state index contributed by atoms with van der Waals surface area (Å²) in [4.78, 5) is 42.5. The van der Waals surface area contributed by atoms with Gasteiger partial charge in [0, 0.05) is 12.2 Å². The van der Waals surface area contributed by atoms with Gasteiger partial charge in [-0.15, -0.1) is 0 Å². The lowest BCUT2D eigenvalue weighted by atomic mass is 9.74. The van der Waals surface area contributed by atoms with Gasteiger partial charge in [0.05, 0.1) is 23.6 Å². The molecule has 8 heteroatoms. The van der Waals surface area contributed by atoms with Crippen LogP contribution in [0.4, 0.5) is 15.8 Å². The summed E-state index contributed by atoms with van der Waals surface area (Å²) < 4.78 is 20.6. The highest BCUT2D eigenvalue weighted by molar-refractivity contribution is 6.11. The highest BCUT2D eigenvalue weighted by Crippen LogP contribution is 2.56. The summed E-state index contributed by atoms with van der Waals surface area (Å²) in [5.74, 6) is -3.74. The van der Waals surface area contributed by atoms with Crippen molar-refractivity contribution in [1.29, 1.82) is 0 Å². The van der Waals surface area contributed by atoms with Crippen molar-refractivity contribution < 1.29 is 23.5 Å². The van der Waals surface area contributed by atoms with E-state index in [4.69, 9.17) is 4.74 Å². The first-order valence-corrected chi connectivity index (χ1v) is 12.1. The quantitative estimate of drug-likeness (QED) is 0.511. The number of hydrogen-bond donors (Lipinski definition) is 2. The molecular formula is C29H24FN3O4. The summed E-state index contributed by atoms with van der Waals surface area (Å²) in [5, 5.41) is 5.56. The number of amides is 3. The number of fused-ring (bicyclic) bond motifs is 1. The third kappa shape index (κ3) is 3.72. The van der Waals surface area contributed by atoms with Crippen LogP contribution in [0.15, 0.2) is 97.1 Å². The van der Waals surface area contributed by atoms with Gasteiger partial charge in [-0.2, -0.15) is 0 Å². The van der Waals surface area contributed by atoms with Crippen molar-refractivity contribution >= 4 is 29.1 Å². The van der Waals surface area contributed by atoms with Gasteiger partial charge < -0.3 is 15.4 Å². The number of rotatable bonds is 6. The molecule has 2 N–H and O–H groups in total. The third-order valence-electron chi connectivity index (χ3n) is 7.30. The Morgan fingerprint density at radius 1 is 0.919 bits per heavy atom. The van der Waals surface area contributed by atoms with E-state index in [1.807, 2.05) is 36.4 Å². The van der Waals surface area contributed by atoms with Crippen LogP contribution < -0.4 is 15.5 Å². The van der Waals surface area contributed by atoms with Crippen molar-refractivity contribution in [1.82, 2.24) is 5.32 Å². The van der Waals surface area contributed by atoms with E-state index in [1.54, 1.807) is 42.5 Å². The number of anilines is 2. The van der Waals surface area contributed by atoms with Crippen LogP contribution in [0.5, 0.6) is 0 Å². The number of ether oxygens (including phenoxy) is 1. The van der Waals surface area contributed by atoms with Crippen molar-refractivity contribution in [3.8, 4) is 0 Å². The summed E-state index contributed by atoms with van der Waals surface area (Å²) in [5.41, 5.74) is 0.144. The molecule has 3 aromatic rings. The number of halogens is 1. The Hall–Kier alpha value is -4.30. The van der Waals surface area contributed by atoms with Crippen LogP contribution in [0.3, 0.4) is 0 Å². The molecule has 0 aliphatic carbocycles. The summed E-state index contributed by atoms with van der Waals surface area (Å²) >= 11 is 0. The summed E-state index contributed by atoms with van der Waals surface area (Å²) in [6.45, 7) is 0.276. The molecule has 1 spiro atoms. The molecular weight excluding hydrogens is 473 g/mol. The minimum Gasteiger partial charge on any atom is -0.359 e. The molecule has 6 rings (SSSR count). The lowest BCUT2D eigenvalue weighted by Gasteiger charge is -2.32. The molecule has 3 amide bonds. The molecule has 0 radical (unpaired) electrons. The van der Waals surface area contributed by atoms with Crippen LogP contribution in [-0.2, 0) is 25.7 Å². The Balaban J connectivity index is 1.35. The fraction of sp³-hybridized carbons (Fsp3) is 0.207. The van der Waals surface area contributed by atoms with E-state index in [9.17, 15) is 18.8 Å². The van der Waals surface area contributed by atoms with Crippen molar-refractivity contribution in [2.45, 2.75) is 24.3 Å². The zero-order valence-electron chi connectivity index (χ0n) is 19.7. The number of carbonyl (C=O) groups excluding carboxylic acids is 3. The Kier molecular flexibility index (Phi) is 5.61. The maximum absolute atomic E-state index is 14.3.